The van der Waals surface area contributed by atoms with E-state index in [1.54, 1.807) is 5.32 Å². The van der Waals surface area contributed by atoms with Crippen LogP contribution in [0, 0.1) is 5.82 Å². The number of carbonyl (C=O) groups excluding carboxylic acids is 4. The number of anilines is 1. The maximum atomic E-state index is 14.7. The summed E-state index contributed by atoms with van der Waals surface area (Å²) in [5, 5.41) is 3.59. The number of piperidine rings is 1. The number of nitrogens with zero attached hydrogens (tertiary/aromatic N) is 2. The van der Waals surface area contributed by atoms with Crippen LogP contribution in [0.2, 0.25) is 0 Å². The van der Waals surface area contributed by atoms with E-state index in [0.717, 1.165) is 6.07 Å². The summed E-state index contributed by atoms with van der Waals surface area (Å²) in [5.74, 6) is -5.45. The Hall–Kier alpha value is -2.81. The van der Waals surface area contributed by atoms with E-state index in [4.69, 9.17) is 11.0 Å². The zero-order chi connectivity index (χ0) is 25.6. The van der Waals surface area contributed by atoms with Crippen LogP contribution in [0.4, 0.5) is 10.1 Å². The molecule has 136 valence electrons. The lowest BCUT2D eigenvalue weighted by atomic mass is 10.0. The molecule has 0 radical (unpaired) electrons. The molecule has 1 aromatic rings. The molecule has 4 amide bonds. The second-order valence-corrected chi connectivity index (χ2v) is 5.70. The third-order valence-electron chi connectivity index (χ3n) is 4.22. The summed E-state index contributed by atoms with van der Waals surface area (Å²) in [4.78, 5) is 50.4. The predicted molar refractivity (Wildman–Crippen MR) is 88.2 cm³/mol. The highest BCUT2D eigenvalue weighted by atomic mass is 19.1. The van der Waals surface area contributed by atoms with Crippen molar-refractivity contribution in [2.24, 2.45) is 0 Å². The molecule has 1 unspecified atom stereocenters. The van der Waals surface area contributed by atoms with Gasteiger partial charge in [0.1, 0.15) is 11.9 Å². The Bertz CT molecular complexity index is 1130. The molecule has 0 bridgehead atoms. The van der Waals surface area contributed by atoms with Gasteiger partial charge in [0, 0.05) is 37.9 Å². The number of amides is 4. The van der Waals surface area contributed by atoms with Gasteiger partial charge in [-0.2, -0.15) is 0 Å². The molecule has 26 heavy (non-hydrogen) atoms. The molecule has 0 aromatic heterocycles. The fraction of sp³-hybridized carbons (Fsp3) is 0.412. The minimum atomic E-state index is -3.35. The lowest BCUT2D eigenvalue weighted by Crippen LogP contribution is -2.54. The van der Waals surface area contributed by atoms with Crippen LogP contribution in [0.25, 0.3) is 0 Å². The van der Waals surface area contributed by atoms with E-state index in [2.05, 4.69) is 0 Å². The van der Waals surface area contributed by atoms with Gasteiger partial charge in [-0.1, -0.05) is 0 Å². The van der Waals surface area contributed by atoms with Gasteiger partial charge in [-0.25, -0.2) is 4.39 Å². The fourth-order valence-electron chi connectivity index (χ4n) is 3.07. The second kappa shape index (κ2) is 6.17. The molecule has 2 saturated heterocycles. The van der Waals surface area contributed by atoms with Gasteiger partial charge in [-0.05, 0) is 18.6 Å². The summed E-state index contributed by atoms with van der Waals surface area (Å²) < 4.78 is 79.4. The number of imide groups is 2. The van der Waals surface area contributed by atoms with E-state index < -0.39 is 78.3 Å². The summed E-state index contributed by atoms with van der Waals surface area (Å²) in [6.07, 6.45) is -0.476. The molecule has 3 aliphatic rings. The SMILES string of the molecule is [2H]C1([2H])NC([2H])([2H])C([2H])([2H])N(c2ccc(F)c3c2C(=O)N(C2CCC(=O)NC2=O)C3=O)C1([2H])[2H]. The van der Waals surface area contributed by atoms with E-state index in [0.29, 0.717) is 11.0 Å². The number of hydrogen-bond donors (Lipinski definition) is 2. The molecule has 3 aliphatic heterocycles. The smallest absolute Gasteiger partial charge is 0.265 e. The number of piperazine rings is 1. The quantitative estimate of drug-likeness (QED) is 0.692. The minimum absolute atomic E-state index is 0.0217. The monoisotopic (exact) mass is 368 g/mol. The maximum Gasteiger partial charge on any atom is 0.265 e. The first-order chi connectivity index (χ1) is 15.5. The molecule has 3 heterocycles. The Kier molecular flexibility index (Phi) is 2.32. The zero-order valence-corrected chi connectivity index (χ0v) is 13.1. The summed E-state index contributed by atoms with van der Waals surface area (Å²) in [6.45, 7) is -13.1. The van der Waals surface area contributed by atoms with E-state index in [-0.39, 0.29) is 17.7 Å². The molecule has 1 atom stereocenters. The Labute approximate surface area is 159 Å². The van der Waals surface area contributed by atoms with Crippen LogP contribution in [-0.4, -0.2) is 60.6 Å². The molecule has 0 aliphatic carbocycles. The number of benzene rings is 1. The van der Waals surface area contributed by atoms with Crippen LogP contribution in [0.1, 0.15) is 44.5 Å². The Balaban J connectivity index is 1.92. The topological polar surface area (TPSA) is 98.8 Å². The van der Waals surface area contributed by atoms with Crippen LogP contribution in [0.5, 0.6) is 0 Å². The molecule has 2 N–H and O–H groups in total. The van der Waals surface area contributed by atoms with Gasteiger partial charge < -0.3 is 10.2 Å². The highest BCUT2D eigenvalue weighted by Crippen LogP contribution is 2.35. The van der Waals surface area contributed by atoms with Gasteiger partial charge in [0.05, 0.1) is 22.3 Å². The van der Waals surface area contributed by atoms with Gasteiger partial charge >= 0.3 is 0 Å². The van der Waals surface area contributed by atoms with Crippen molar-refractivity contribution in [3.05, 3.63) is 29.1 Å². The van der Waals surface area contributed by atoms with E-state index in [1.807, 2.05) is 5.32 Å². The van der Waals surface area contributed by atoms with Crippen molar-refractivity contribution < 1.29 is 34.5 Å². The Morgan fingerprint density at radius 2 is 1.77 bits per heavy atom. The summed E-state index contributed by atoms with van der Waals surface area (Å²) >= 11 is 0. The van der Waals surface area contributed by atoms with Crippen molar-refractivity contribution in [1.82, 2.24) is 15.5 Å². The van der Waals surface area contributed by atoms with Crippen molar-refractivity contribution in [2.45, 2.75) is 18.9 Å². The second-order valence-electron chi connectivity index (χ2n) is 5.70. The molecular formula is C17H17FN4O4. The van der Waals surface area contributed by atoms with Crippen molar-refractivity contribution in [3.63, 3.8) is 0 Å². The summed E-state index contributed by atoms with van der Waals surface area (Å²) in [6, 6.07) is -0.126. The van der Waals surface area contributed by atoms with Gasteiger partial charge in [-0.3, -0.25) is 29.4 Å². The van der Waals surface area contributed by atoms with Crippen LogP contribution < -0.4 is 15.5 Å². The minimum Gasteiger partial charge on any atom is -0.368 e. The number of hydrogen-bond acceptors (Lipinski definition) is 6. The molecule has 1 aromatic carbocycles. The standard InChI is InChI=1S/C17H17FN4O4/c18-9-1-2-10(21-7-5-19-6-8-21)14-13(9)16(25)22(17(14)26)11-3-4-12(23)20-15(11)24/h1-2,11,19H,3-8H2,(H,20,23,24)/i5D2,6D2,7D2,8D2. The maximum absolute atomic E-state index is 14.7. The number of halogens is 1. The van der Waals surface area contributed by atoms with E-state index in [1.165, 1.54) is 0 Å². The average molecular weight is 368 g/mol. The van der Waals surface area contributed by atoms with Gasteiger partial charge in [-0.15, -0.1) is 0 Å². The van der Waals surface area contributed by atoms with E-state index in [9.17, 15) is 23.6 Å². The van der Waals surface area contributed by atoms with Crippen LogP contribution >= 0.6 is 0 Å². The van der Waals surface area contributed by atoms with Crippen LogP contribution in [0.3, 0.4) is 0 Å². The van der Waals surface area contributed by atoms with Crippen LogP contribution in [-0.2, 0) is 9.59 Å². The van der Waals surface area contributed by atoms with Gasteiger partial charge in [0.15, 0.2) is 0 Å². The van der Waals surface area contributed by atoms with Crippen LogP contribution in [0.15, 0.2) is 12.1 Å². The molecule has 0 saturated carbocycles. The van der Waals surface area contributed by atoms with Gasteiger partial charge in [0.2, 0.25) is 11.8 Å². The van der Waals surface area contributed by atoms with Crippen molar-refractivity contribution in [1.29, 1.82) is 0 Å². The summed E-state index contributed by atoms with van der Waals surface area (Å²) in [5.41, 5.74) is -2.54. The highest BCUT2D eigenvalue weighted by Gasteiger charge is 2.47. The molecule has 8 nitrogen and oxygen atoms in total. The first-order valence-electron chi connectivity index (χ1n) is 11.6. The fourth-order valence-corrected chi connectivity index (χ4v) is 3.07. The number of rotatable bonds is 2. The molecular weight excluding hydrogens is 343 g/mol. The highest BCUT2D eigenvalue weighted by molar-refractivity contribution is 6.25. The lowest BCUT2D eigenvalue weighted by Gasteiger charge is -2.31. The third-order valence-corrected chi connectivity index (χ3v) is 4.22. The van der Waals surface area contributed by atoms with Crippen molar-refractivity contribution in [3.8, 4) is 0 Å². The first-order valence-corrected chi connectivity index (χ1v) is 7.59. The molecule has 0 spiro atoms. The predicted octanol–water partition coefficient (Wildman–Crippen LogP) is -0.364. The van der Waals surface area contributed by atoms with E-state index >= 15 is 0 Å². The average Bonchev–Trinajstić information content (AvgIpc) is 2.94. The zero-order valence-electron chi connectivity index (χ0n) is 21.1. The third kappa shape index (κ3) is 2.47. The molecule has 2 fully saturated rings. The van der Waals surface area contributed by atoms with Crippen molar-refractivity contribution >= 4 is 29.3 Å². The Morgan fingerprint density at radius 1 is 1.08 bits per heavy atom. The number of carbonyl (C=O) groups is 4. The number of fused-ring (bicyclic) bond motifs is 1. The normalized spacial score (nSPS) is 35.7. The largest absolute Gasteiger partial charge is 0.368 e. The Morgan fingerprint density at radius 3 is 2.46 bits per heavy atom. The molecule has 4 rings (SSSR count). The van der Waals surface area contributed by atoms with Gasteiger partial charge in [0.25, 0.3) is 11.8 Å². The lowest BCUT2D eigenvalue weighted by molar-refractivity contribution is -0.136. The first kappa shape index (κ1) is 9.77. The molecule has 9 heteroatoms. The van der Waals surface area contributed by atoms with Crippen molar-refractivity contribution in [2.75, 3.05) is 30.9 Å². The number of nitrogens with one attached hydrogen (secondary N) is 2. The summed E-state index contributed by atoms with van der Waals surface area (Å²) in [7, 11) is 0.